The molecule has 2 aliphatic rings. The third-order valence-electron chi connectivity index (χ3n) is 6.18. The van der Waals surface area contributed by atoms with Crippen LogP contribution in [0.2, 0.25) is 0 Å². The number of aromatic nitrogens is 1. The van der Waals surface area contributed by atoms with E-state index in [1.807, 2.05) is 42.5 Å². The zero-order chi connectivity index (χ0) is 20.9. The van der Waals surface area contributed by atoms with Crippen LogP contribution in [-0.2, 0) is 17.8 Å². The maximum Gasteiger partial charge on any atom is 0.166 e. The van der Waals surface area contributed by atoms with Gasteiger partial charge >= 0.3 is 0 Å². The van der Waals surface area contributed by atoms with Gasteiger partial charge in [0.2, 0.25) is 0 Å². The minimum atomic E-state index is 0.686. The summed E-state index contributed by atoms with van der Waals surface area (Å²) in [6, 6.07) is 18.3. The Morgan fingerprint density at radius 2 is 1.70 bits per heavy atom. The maximum atomic E-state index is 11.3. The quantitative estimate of drug-likeness (QED) is 0.600. The summed E-state index contributed by atoms with van der Waals surface area (Å²) in [5.41, 5.74) is 5.32. The minimum Gasteiger partial charge on any atom is -0.338 e. The van der Waals surface area contributed by atoms with E-state index in [0.717, 1.165) is 42.2 Å². The Morgan fingerprint density at radius 3 is 2.43 bits per heavy atom. The number of carbonyl (C=O) groups excluding carboxylic acids is 2. The molecule has 1 aliphatic carbocycles. The fraction of sp³-hybridized carbons (Fsp3) is 0.308. The van der Waals surface area contributed by atoms with E-state index in [1.54, 1.807) is 0 Å². The van der Waals surface area contributed by atoms with Gasteiger partial charge in [-0.15, -0.1) is 0 Å². The van der Waals surface area contributed by atoms with E-state index in [4.69, 9.17) is 0 Å². The number of aldehydes is 2. The zero-order valence-electron chi connectivity index (χ0n) is 17.5. The number of nitrogens with zero attached hydrogens (tertiary/aromatic N) is 2. The second-order valence-electron chi connectivity index (χ2n) is 8.32. The molecule has 0 N–H and O–H groups in total. The molecule has 3 aromatic rings. The number of rotatable bonds is 4. The van der Waals surface area contributed by atoms with E-state index < -0.39 is 0 Å². The van der Waals surface area contributed by atoms with Crippen LogP contribution in [0, 0.1) is 5.92 Å². The predicted molar refractivity (Wildman–Crippen MR) is 122 cm³/mol. The van der Waals surface area contributed by atoms with Gasteiger partial charge in [0.1, 0.15) is 6.29 Å². The first kappa shape index (κ1) is 20.3. The minimum absolute atomic E-state index is 0.686. The molecule has 0 unspecified atom stereocenters. The number of hydrogen-bond donors (Lipinski definition) is 0. The van der Waals surface area contributed by atoms with E-state index in [-0.39, 0.29) is 0 Å². The largest absolute Gasteiger partial charge is 0.338 e. The molecule has 0 bridgehead atoms. The molecule has 30 heavy (non-hydrogen) atoms. The van der Waals surface area contributed by atoms with Crippen molar-refractivity contribution in [3.8, 4) is 0 Å². The van der Waals surface area contributed by atoms with E-state index in [1.165, 1.54) is 42.6 Å². The molecule has 0 amide bonds. The normalized spacial score (nSPS) is 16.5. The molecule has 0 radical (unpaired) electrons. The Labute approximate surface area is 177 Å². The zero-order valence-corrected chi connectivity index (χ0v) is 17.5. The Bertz CT molecular complexity index is 1070. The first-order chi connectivity index (χ1) is 14.7. The lowest BCUT2D eigenvalue weighted by molar-refractivity contribution is -0.104. The highest BCUT2D eigenvalue weighted by molar-refractivity contribution is 5.89. The number of piperidine rings is 1. The van der Waals surface area contributed by atoms with Crippen molar-refractivity contribution < 1.29 is 9.59 Å². The van der Waals surface area contributed by atoms with Crippen molar-refractivity contribution in [2.45, 2.75) is 25.8 Å². The van der Waals surface area contributed by atoms with Gasteiger partial charge < -0.3 is 9.47 Å². The number of likely N-dealkylation sites (tertiary alicyclic amines) is 1. The molecule has 2 heterocycles. The summed E-state index contributed by atoms with van der Waals surface area (Å²) in [5.74, 6) is 0.686. The Morgan fingerprint density at radius 1 is 0.967 bits per heavy atom. The average Bonchev–Trinajstić information content (AvgIpc) is 3.37. The molecule has 0 saturated carbocycles. The van der Waals surface area contributed by atoms with Crippen molar-refractivity contribution in [3.05, 3.63) is 77.0 Å². The van der Waals surface area contributed by atoms with Gasteiger partial charge in [0.05, 0.1) is 5.69 Å². The molecule has 4 heteroatoms. The van der Waals surface area contributed by atoms with Crippen molar-refractivity contribution in [1.29, 1.82) is 0 Å². The van der Waals surface area contributed by atoms with E-state index in [9.17, 15) is 9.59 Å². The summed E-state index contributed by atoms with van der Waals surface area (Å²) in [7, 11) is 2.18. The summed E-state index contributed by atoms with van der Waals surface area (Å²) >= 11 is 0. The molecule has 1 fully saturated rings. The van der Waals surface area contributed by atoms with Crippen LogP contribution >= 0.6 is 0 Å². The number of para-hydroxylation sites is 1. The van der Waals surface area contributed by atoms with E-state index in [2.05, 4.69) is 34.7 Å². The molecular formula is C26H28N2O2. The summed E-state index contributed by atoms with van der Waals surface area (Å²) in [6.07, 6.45) is 7.11. The first-order valence-corrected chi connectivity index (χ1v) is 10.6. The lowest BCUT2D eigenvalue weighted by Crippen LogP contribution is -2.32. The third kappa shape index (κ3) is 4.44. The number of hydrogen-bond acceptors (Lipinski definition) is 3. The van der Waals surface area contributed by atoms with Crippen molar-refractivity contribution in [2.75, 3.05) is 20.1 Å². The number of fused-ring (bicyclic) bond motifs is 2. The van der Waals surface area contributed by atoms with Gasteiger partial charge in [-0.1, -0.05) is 42.5 Å². The summed E-state index contributed by atoms with van der Waals surface area (Å²) in [6.45, 7) is 3.30. The summed E-state index contributed by atoms with van der Waals surface area (Å²) in [4.78, 5) is 24.0. The van der Waals surface area contributed by atoms with Crippen molar-refractivity contribution in [3.63, 3.8) is 0 Å². The van der Waals surface area contributed by atoms with Crippen LogP contribution in [0.5, 0.6) is 0 Å². The van der Waals surface area contributed by atoms with Gasteiger partial charge in [0.25, 0.3) is 0 Å². The van der Waals surface area contributed by atoms with Crippen LogP contribution in [0.15, 0.2) is 60.2 Å². The second kappa shape index (κ2) is 9.23. The molecule has 1 aliphatic heterocycles. The molecule has 1 aromatic heterocycles. The monoisotopic (exact) mass is 400 g/mol. The van der Waals surface area contributed by atoms with Gasteiger partial charge in [-0.2, -0.15) is 0 Å². The fourth-order valence-electron chi connectivity index (χ4n) is 4.42. The van der Waals surface area contributed by atoms with Crippen molar-refractivity contribution in [2.24, 2.45) is 5.92 Å². The van der Waals surface area contributed by atoms with Crippen LogP contribution < -0.4 is 0 Å². The summed E-state index contributed by atoms with van der Waals surface area (Å²) in [5, 5.41) is 1.16. The topological polar surface area (TPSA) is 42.3 Å². The highest BCUT2D eigenvalue weighted by Gasteiger charge is 2.19. The Hall–Kier alpha value is -2.98. The van der Waals surface area contributed by atoms with E-state index in [0.29, 0.717) is 5.92 Å². The van der Waals surface area contributed by atoms with Gasteiger partial charge in [-0.05, 0) is 73.8 Å². The molecular weight excluding hydrogens is 372 g/mol. The fourth-order valence-corrected chi connectivity index (χ4v) is 4.42. The molecule has 5 rings (SSSR count). The van der Waals surface area contributed by atoms with Gasteiger partial charge in [-0.25, -0.2) is 0 Å². The van der Waals surface area contributed by atoms with Crippen molar-refractivity contribution >= 4 is 29.6 Å². The summed E-state index contributed by atoms with van der Waals surface area (Å²) < 4.78 is 2.19. The SMILES string of the molecule is CN1CCC(Cn2c(C=O)cc3ccccc32)CC1.O=CC1=Cc2ccccc2C1. The lowest BCUT2D eigenvalue weighted by Gasteiger charge is -2.29. The van der Waals surface area contributed by atoms with Crippen LogP contribution in [-0.4, -0.2) is 42.2 Å². The Kier molecular flexibility index (Phi) is 6.24. The standard InChI is InChI=1S/C16H20N2O.C10H8O/c1-17-8-6-13(7-9-17)11-18-15(12-19)10-14-4-2-3-5-16(14)18;11-7-8-5-9-3-1-2-4-10(9)6-8/h2-5,10,12-13H,6-9,11H2,1H3;1-5,7H,6H2. The third-order valence-corrected chi connectivity index (χ3v) is 6.18. The van der Waals surface area contributed by atoms with Gasteiger partial charge in [0.15, 0.2) is 6.29 Å². The van der Waals surface area contributed by atoms with Gasteiger partial charge in [0, 0.05) is 23.9 Å². The number of benzene rings is 2. The predicted octanol–water partition coefficient (Wildman–Crippen LogP) is 4.62. The average molecular weight is 401 g/mol. The maximum absolute atomic E-state index is 11.3. The Balaban J connectivity index is 0.000000168. The van der Waals surface area contributed by atoms with Crippen LogP contribution in [0.1, 0.15) is 34.5 Å². The second-order valence-corrected chi connectivity index (χ2v) is 8.32. The van der Waals surface area contributed by atoms with Crippen LogP contribution in [0.4, 0.5) is 0 Å². The molecule has 4 nitrogen and oxygen atoms in total. The molecule has 154 valence electrons. The van der Waals surface area contributed by atoms with Gasteiger partial charge in [-0.3, -0.25) is 9.59 Å². The molecule has 2 aromatic carbocycles. The molecule has 0 spiro atoms. The molecule has 1 saturated heterocycles. The molecule has 0 atom stereocenters. The number of carbonyl (C=O) groups is 2. The number of allylic oxidation sites excluding steroid dienone is 1. The highest BCUT2D eigenvalue weighted by Crippen LogP contribution is 2.24. The lowest BCUT2D eigenvalue weighted by atomic mass is 9.97. The smallest absolute Gasteiger partial charge is 0.166 e. The first-order valence-electron chi connectivity index (χ1n) is 10.6. The van der Waals surface area contributed by atoms with Crippen molar-refractivity contribution in [1.82, 2.24) is 9.47 Å². The van der Waals surface area contributed by atoms with E-state index >= 15 is 0 Å². The van der Waals surface area contributed by atoms with Crippen LogP contribution in [0.25, 0.3) is 17.0 Å². The highest BCUT2D eigenvalue weighted by atomic mass is 16.1. The van der Waals surface area contributed by atoms with Crippen LogP contribution in [0.3, 0.4) is 0 Å².